The summed E-state index contributed by atoms with van der Waals surface area (Å²) in [6.45, 7) is 3.94. The summed E-state index contributed by atoms with van der Waals surface area (Å²) in [6, 6.07) is 6.97. The van der Waals surface area contributed by atoms with E-state index in [0.717, 1.165) is 22.9 Å². The molecule has 0 unspecified atom stereocenters. The minimum atomic E-state index is -0.491. The van der Waals surface area contributed by atoms with E-state index < -0.39 is 17.7 Å². The van der Waals surface area contributed by atoms with Gasteiger partial charge < -0.3 is 10.0 Å². The van der Waals surface area contributed by atoms with Crippen LogP contribution in [0.4, 0.5) is 0 Å². The molecule has 1 aliphatic heterocycles. The van der Waals surface area contributed by atoms with Crippen molar-refractivity contribution in [2.24, 2.45) is 0 Å². The summed E-state index contributed by atoms with van der Waals surface area (Å²) in [6.07, 6.45) is 1.77. The molecule has 0 spiro atoms. The summed E-state index contributed by atoms with van der Waals surface area (Å²) >= 11 is 3.37. The van der Waals surface area contributed by atoms with Gasteiger partial charge in [0.1, 0.15) is 0 Å². The van der Waals surface area contributed by atoms with Gasteiger partial charge in [0.2, 0.25) is 0 Å². The van der Waals surface area contributed by atoms with Gasteiger partial charge in [-0.05, 0) is 31.0 Å². The number of hydrogen-bond donors (Lipinski definition) is 1. The Morgan fingerprint density at radius 3 is 2.48 bits per heavy atom. The molecule has 1 aliphatic rings. The van der Waals surface area contributed by atoms with Crippen LogP contribution in [0.2, 0.25) is 0 Å². The number of nitrogens with zero attached hydrogens (tertiary/aromatic N) is 1. The van der Waals surface area contributed by atoms with Gasteiger partial charge in [-0.3, -0.25) is 9.59 Å². The van der Waals surface area contributed by atoms with Gasteiger partial charge in [-0.1, -0.05) is 41.4 Å². The van der Waals surface area contributed by atoms with Gasteiger partial charge in [0, 0.05) is 11.0 Å². The standard InChI is InChI=1S/C16H18BrNO3/c1-3-4-9-18-14(11-5-7-12(17)8-6-11)13(10(2)19)15(20)16(18)21/h5-8,14,20H,3-4,9H2,1-2H3/t14-/m0/s1. The molecule has 4 nitrogen and oxygen atoms in total. The fourth-order valence-corrected chi connectivity index (χ4v) is 2.83. The highest BCUT2D eigenvalue weighted by Gasteiger charge is 2.41. The zero-order valence-electron chi connectivity index (χ0n) is 12.1. The second-order valence-electron chi connectivity index (χ2n) is 5.12. The van der Waals surface area contributed by atoms with Gasteiger partial charge in [-0.25, -0.2) is 0 Å². The first-order valence-corrected chi connectivity index (χ1v) is 7.77. The number of ketones is 1. The van der Waals surface area contributed by atoms with Crippen molar-refractivity contribution in [2.75, 3.05) is 6.54 Å². The molecule has 0 saturated heterocycles. The van der Waals surface area contributed by atoms with E-state index in [1.165, 1.54) is 6.92 Å². The van der Waals surface area contributed by atoms with Gasteiger partial charge in [-0.15, -0.1) is 0 Å². The Hall–Kier alpha value is -1.62. The molecule has 0 aliphatic carbocycles. The van der Waals surface area contributed by atoms with E-state index in [1.54, 1.807) is 4.90 Å². The van der Waals surface area contributed by atoms with Crippen molar-refractivity contribution in [3.05, 3.63) is 45.6 Å². The van der Waals surface area contributed by atoms with Crippen molar-refractivity contribution in [3.8, 4) is 0 Å². The highest BCUT2D eigenvalue weighted by molar-refractivity contribution is 9.10. The summed E-state index contributed by atoms with van der Waals surface area (Å²) in [4.78, 5) is 25.7. The first kappa shape index (κ1) is 15.8. The predicted octanol–water partition coefficient (Wildman–Crippen LogP) is 3.53. The van der Waals surface area contributed by atoms with E-state index in [9.17, 15) is 14.7 Å². The monoisotopic (exact) mass is 351 g/mol. The average Bonchev–Trinajstić information content (AvgIpc) is 2.70. The number of carbonyl (C=O) groups is 2. The number of benzene rings is 1. The van der Waals surface area contributed by atoms with Crippen molar-refractivity contribution >= 4 is 27.6 Å². The van der Waals surface area contributed by atoms with Gasteiger partial charge in [0.15, 0.2) is 11.5 Å². The lowest BCUT2D eigenvalue weighted by atomic mass is 9.97. The highest BCUT2D eigenvalue weighted by atomic mass is 79.9. The molecule has 2 rings (SSSR count). The average molecular weight is 352 g/mol. The van der Waals surface area contributed by atoms with Crippen LogP contribution < -0.4 is 0 Å². The molecule has 1 aromatic rings. The Balaban J connectivity index is 2.46. The van der Waals surface area contributed by atoms with Crippen LogP contribution in [-0.4, -0.2) is 28.2 Å². The Morgan fingerprint density at radius 1 is 1.33 bits per heavy atom. The third kappa shape index (κ3) is 3.02. The number of halogens is 1. The SMILES string of the molecule is CCCCN1C(=O)C(O)=C(C(C)=O)[C@@H]1c1ccc(Br)cc1. The molecule has 1 heterocycles. The summed E-state index contributed by atoms with van der Waals surface area (Å²) in [5, 5.41) is 10.0. The fourth-order valence-electron chi connectivity index (χ4n) is 2.56. The van der Waals surface area contributed by atoms with Crippen molar-refractivity contribution < 1.29 is 14.7 Å². The quantitative estimate of drug-likeness (QED) is 0.882. The van der Waals surface area contributed by atoms with Gasteiger partial charge >= 0.3 is 0 Å². The van der Waals surface area contributed by atoms with Crippen LogP contribution in [0.25, 0.3) is 0 Å². The number of hydrogen-bond acceptors (Lipinski definition) is 3. The van der Waals surface area contributed by atoms with Crippen molar-refractivity contribution in [3.63, 3.8) is 0 Å². The Kier molecular flexibility index (Phi) is 4.83. The van der Waals surface area contributed by atoms with Crippen LogP contribution in [0, 0.1) is 0 Å². The lowest BCUT2D eigenvalue weighted by Gasteiger charge is -2.26. The smallest absolute Gasteiger partial charge is 0.290 e. The van der Waals surface area contributed by atoms with Gasteiger partial charge in [0.05, 0.1) is 11.6 Å². The molecule has 0 aromatic heterocycles. The molecular weight excluding hydrogens is 334 g/mol. The zero-order chi connectivity index (χ0) is 15.6. The number of aliphatic hydroxyl groups excluding tert-OH is 1. The third-order valence-electron chi connectivity index (χ3n) is 3.62. The van der Waals surface area contributed by atoms with E-state index in [-0.39, 0.29) is 11.4 Å². The van der Waals surface area contributed by atoms with Gasteiger partial charge in [-0.2, -0.15) is 0 Å². The first-order chi connectivity index (χ1) is 9.97. The van der Waals surface area contributed by atoms with Gasteiger partial charge in [0.25, 0.3) is 5.91 Å². The number of rotatable bonds is 5. The first-order valence-electron chi connectivity index (χ1n) is 6.97. The van der Waals surface area contributed by atoms with Crippen LogP contribution in [0.5, 0.6) is 0 Å². The number of aliphatic hydroxyl groups is 1. The predicted molar refractivity (Wildman–Crippen MR) is 83.8 cm³/mol. The lowest BCUT2D eigenvalue weighted by molar-refractivity contribution is -0.129. The molecular formula is C16H18BrNO3. The molecule has 0 fully saturated rings. The molecule has 1 aromatic carbocycles. The van der Waals surface area contributed by atoms with E-state index >= 15 is 0 Å². The number of carbonyl (C=O) groups excluding carboxylic acids is 2. The van der Waals surface area contributed by atoms with Crippen LogP contribution in [0.1, 0.15) is 38.3 Å². The molecule has 5 heteroatoms. The Labute approximate surface area is 132 Å². The van der Waals surface area contributed by atoms with Crippen LogP contribution >= 0.6 is 15.9 Å². The minimum Gasteiger partial charge on any atom is -0.503 e. The largest absolute Gasteiger partial charge is 0.503 e. The number of amides is 1. The molecule has 0 bridgehead atoms. The van der Waals surface area contributed by atoms with Crippen molar-refractivity contribution in [1.82, 2.24) is 4.90 Å². The summed E-state index contributed by atoms with van der Waals surface area (Å²) in [5.41, 5.74) is 1.02. The third-order valence-corrected chi connectivity index (χ3v) is 4.15. The Bertz CT molecular complexity index is 592. The topological polar surface area (TPSA) is 57.6 Å². The molecule has 1 amide bonds. The maximum absolute atomic E-state index is 12.2. The minimum absolute atomic E-state index is 0.193. The summed E-state index contributed by atoms with van der Waals surface area (Å²) in [5.74, 6) is -1.14. The molecule has 0 saturated carbocycles. The van der Waals surface area contributed by atoms with E-state index in [4.69, 9.17) is 0 Å². The van der Waals surface area contributed by atoms with Crippen molar-refractivity contribution in [2.45, 2.75) is 32.7 Å². The summed E-state index contributed by atoms with van der Waals surface area (Å²) in [7, 11) is 0. The lowest BCUT2D eigenvalue weighted by Crippen LogP contribution is -2.31. The zero-order valence-corrected chi connectivity index (χ0v) is 13.7. The number of unbranched alkanes of at least 4 members (excludes halogenated alkanes) is 1. The van der Waals surface area contributed by atoms with E-state index in [0.29, 0.717) is 6.54 Å². The summed E-state index contributed by atoms with van der Waals surface area (Å²) < 4.78 is 0.924. The molecule has 1 N–H and O–H groups in total. The van der Waals surface area contributed by atoms with Crippen LogP contribution in [0.3, 0.4) is 0 Å². The second kappa shape index (κ2) is 6.43. The molecule has 1 atom stereocenters. The highest BCUT2D eigenvalue weighted by Crippen LogP contribution is 2.38. The van der Waals surface area contributed by atoms with Crippen molar-refractivity contribution in [1.29, 1.82) is 0 Å². The molecule has 112 valence electrons. The maximum Gasteiger partial charge on any atom is 0.290 e. The number of Topliss-reactive ketones (excluding diaryl/α,β-unsaturated/α-hetero) is 1. The Morgan fingerprint density at radius 2 is 1.95 bits per heavy atom. The maximum atomic E-state index is 12.2. The molecule has 0 radical (unpaired) electrons. The van der Waals surface area contributed by atoms with E-state index in [2.05, 4.69) is 15.9 Å². The van der Waals surface area contributed by atoms with E-state index in [1.807, 2.05) is 31.2 Å². The second-order valence-corrected chi connectivity index (χ2v) is 6.04. The van der Waals surface area contributed by atoms with Crippen LogP contribution in [-0.2, 0) is 9.59 Å². The fraction of sp³-hybridized carbons (Fsp3) is 0.375. The van der Waals surface area contributed by atoms with Crippen LogP contribution in [0.15, 0.2) is 40.1 Å². The normalized spacial score (nSPS) is 18.5. The molecule has 21 heavy (non-hydrogen) atoms.